The maximum absolute atomic E-state index is 10.9. The van der Waals surface area contributed by atoms with Gasteiger partial charge in [-0.25, -0.2) is 9.78 Å². The van der Waals surface area contributed by atoms with E-state index in [1.807, 2.05) is 19.9 Å². The smallest absolute Gasteiger partial charge is 0.338 e. The summed E-state index contributed by atoms with van der Waals surface area (Å²) in [5.41, 5.74) is 3.33. The molecular weight excluding hydrogens is 378 g/mol. The third kappa shape index (κ3) is 3.51. The van der Waals surface area contributed by atoms with Gasteiger partial charge in [-0.1, -0.05) is 15.9 Å². The number of rotatable bonds is 4. The van der Waals surface area contributed by atoms with Crippen LogP contribution in [-0.2, 0) is 6.54 Å². The monoisotopic (exact) mass is 391 g/mol. The molecule has 0 amide bonds. The van der Waals surface area contributed by atoms with Gasteiger partial charge in [-0.05, 0) is 37.6 Å². The van der Waals surface area contributed by atoms with E-state index in [9.17, 15) is 4.79 Å². The molecule has 3 rings (SSSR count). The van der Waals surface area contributed by atoms with E-state index in [0.29, 0.717) is 6.54 Å². The molecule has 1 N–H and O–H groups in total. The van der Waals surface area contributed by atoms with Gasteiger partial charge in [-0.15, -0.1) is 11.3 Å². The molecule has 5 nitrogen and oxygen atoms in total. The Morgan fingerprint density at radius 3 is 2.78 bits per heavy atom. The number of aryl methyl sites for hydroxylation is 2. The average molecular weight is 392 g/mol. The zero-order chi connectivity index (χ0) is 16.6. The van der Waals surface area contributed by atoms with Crippen LogP contribution in [-0.4, -0.2) is 25.8 Å². The molecular formula is C16H14BrN3O2S. The Kier molecular flexibility index (Phi) is 4.32. The number of aromatic carboxylic acids is 1. The van der Waals surface area contributed by atoms with Crippen molar-refractivity contribution in [1.82, 2.24) is 14.8 Å². The molecule has 0 unspecified atom stereocenters. The molecule has 7 heteroatoms. The van der Waals surface area contributed by atoms with Crippen LogP contribution in [0.3, 0.4) is 0 Å². The van der Waals surface area contributed by atoms with Gasteiger partial charge < -0.3 is 5.11 Å². The standard InChI is InChI=1S/C16H14BrN3O2S/c1-9-3-11(5-13(17)4-9)15-19-14(10(2)23-15)8-20-7-12(6-18-20)16(21)22/h3-7H,8H2,1-2H3,(H,21,22). The van der Waals surface area contributed by atoms with Crippen LogP contribution in [0, 0.1) is 13.8 Å². The first-order valence-corrected chi connectivity index (χ1v) is 8.53. The fourth-order valence-electron chi connectivity index (χ4n) is 2.27. The third-order valence-corrected chi connectivity index (χ3v) is 4.89. The summed E-state index contributed by atoms with van der Waals surface area (Å²) in [5.74, 6) is -0.975. The van der Waals surface area contributed by atoms with Crippen molar-refractivity contribution in [1.29, 1.82) is 0 Å². The van der Waals surface area contributed by atoms with Crippen molar-refractivity contribution >= 4 is 33.2 Å². The molecule has 0 bridgehead atoms. The second-order valence-electron chi connectivity index (χ2n) is 5.27. The predicted molar refractivity (Wildman–Crippen MR) is 93.0 cm³/mol. The minimum absolute atomic E-state index is 0.181. The molecule has 0 spiro atoms. The SMILES string of the molecule is Cc1cc(Br)cc(-c2nc(Cn3cc(C(=O)O)cn3)c(C)s2)c1. The molecule has 0 aliphatic rings. The lowest BCUT2D eigenvalue weighted by Crippen LogP contribution is -2.02. The molecule has 0 atom stereocenters. The van der Waals surface area contributed by atoms with Gasteiger partial charge in [0.2, 0.25) is 0 Å². The molecule has 3 aromatic rings. The van der Waals surface area contributed by atoms with Crippen LogP contribution in [0.1, 0.15) is 26.5 Å². The molecule has 23 heavy (non-hydrogen) atoms. The molecule has 1 aromatic carbocycles. The summed E-state index contributed by atoms with van der Waals surface area (Å²) in [4.78, 5) is 16.7. The zero-order valence-corrected chi connectivity index (χ0v) is 15.0. The molecule has 0 aliphatic carbocycles. The molecule has 0 saturated carbocycles. The number of carbonyl (C=O) groups is 1. The van der Waals surface area contributed by atoms with Gasteiger partial charge in [-0.2, -0.15) is 5.10 Å². The summed E-state index contributed by atoms with van der Waals surface area (Å²) in [7, 11) is 0. The van der Waals surface area contributed by atoms with Gasteiger partial charge in [0.25, 0.3) is 0 Å². The number of benzene rings is 1. The Morgan fingerprint density at radius 1 is 1.35 bits per heavy atom. The van der Waals surface area contributed by atoms with Crippen LogP contribution in [0.25, 0.3) is 10.6 Å². The Balaban J connectivity index is 1.89. The van der Waals surface area contributed by atoms with Crippen LogP contribution < -0.4 is 0 Å². The maximum Gasteiger partial charge on any atom is 0.338 e. The summed E-state index contributed by atoms with van der Waals surface area (Å²) < 4.78 is 2.63. The third-order valence-electron chi connectivity index (χ3n) is 3.37. The molecule has 0 aliphatic heterocycles. The van der Waals surface area contributed by atoms with Gasteiger partial charge in [-0.3, -0.25) is 4.68 Å². The van der Waals surface area contributed by atoms with Crippen molar-refractivity contribution in [2.45, 2.75) is 20.4 Å². The number of hydrogen-bond donors (Lipinski definition) is 1. The first kappa shape index (κ1) is 15.9. The average Bonchev–Trinajstić information content (AvgIpc) is 3.06. The lowest BCUT2D eigenvalue weighted by atomic mass is 10.1. The van der Waals surface area contributed by atoms with Crippen molar-refractivity contribution in [3.8, 4) is 10.6 Å². The number of aromatic nitrogens is 3. The van der Waals surface area contributed by atoms with E-state index >= 15 is 0 Å². The van der Waals surface area contributed by atoms with E-state index in [-0.39, 0.29) is 5.56 Å². The number of hydrogen-bond acceptors (Lipinski definition) is 4. The highest BCUT2D eigenvalue weighted by Gasteiger charge is 2.12. The maximum atomic E-state index is 10.9. The van der Waals surface area contributed by atoms with Crippen molar-refractivity contribution in [2.24, 2.45) is 0 Å². The number of carboxylic acids is 1. The van der Waals surface area contributed by atoms with Crippen LogP contribution in [0.5, 0.6) is 0 Å². The van der Waals surface area contributed by atoms with Gasteiger partial charge in [0.1, 0.15) is 5.01 Å². The van der Waals surface area contributed by atoms with Crippen molar-refractivity contribution < 1.29 is 9.90 Å². The topological polar surface area (TPSA) is 68.0 Å². The Morgan fingerprint density at radius 2 is 2.13 bits per heavy atom. The molecule has 0 radical (unpaired) electrons. The zero-order valence-electron chi connectivity index (χ0n) is 12.6. The summed E-state index contributed by atoms with van der Waals surface area (Å²) in [6, 6.07) is 6.21. The molecule has 2 heterocycles. The fourth-order valence-corrected chi connectivity index (χ4v) is 3.79. The van der Waals surface area contributed by atoms with Crippen molar-refractivity contribution in [2.75, 3.05) is 0 Å². The Hall–Kier alpha value is -1.99. The van der Waals surface area contributed by atoms with E-state index in [4.69, 9.17) is 10.1 Å². The van der Waals surface area contributed by atoms with E-state index in [1.165, 1.54) is 18.0 Å². The normalized spacial score (nSPS) is 10.9. The van der Waals surface area contributed by atoms with Gasteiger partial charge in [0, 0.05) is 21.1 Å². The van der Waals surface area contributed by atoms with Crippen LogP contribution >= 0.6 is 27.3 Å². The first-order chi connectivity index (χ1) is 10.9. The minimum atomic E-state index is -0.975. The molecule has 0 fully saturated rings. The fraction of sp³-hybridized carbons (Fsp3) is 0.188. The highest BCUT2D eigenvalue weighted by Crippen LogP contribution is 2.30. The molecule has 2 aromatic heterocycles. The molecule has 0 saturated heterocycles. The van der Waals surface area contributed by atoms with E-state index in [1.54, 1.807) is 16.0 Å². The number of thiazole rings is 1. The van der Waals surface area contributed by atoms with Crippen molar-refractivity contribution in [3.63, 3.8) is 0 Å². The van der Waals surface area contributed by atoms with E-state index in [0.717, 1.165) is 25.6 Å². The Bertz CT molecular complexity index is 865. The highest BCUT2D eigenvalue weighted by molar-refractivity contribution is 9.10. The van der Waals surface area contributed by atoms with Crippen LogP contribution in [0.4, 0.5) is 0 Å². The lowest BCUT2D eigenvalue weighted by molar-refractivity contribution is 0.0697. The largest absolute Gasteiger partial charge is 0.478 e. The van der Waals surface area contributed by atoms with Crippen LogP contribution in [0.15, 0.2) is 35.1 Å². The summed E-state index contributed by atoms with van der Waals surface area (Å²) >= 11 is 5.14. The summed E-state index contributed by atoms with van der Waals surface area (Å²) in [6.45, 7) is 4.53. The highest BCUT2D eigenvalue weighted by atomic mass is 79.9. The summed E-state index contributed by atoms with van der Waals surface area (Å²) in [6.07, 6.45) is 2.87. The number of halogens is 1. The van der Waals surface area contributed by atoms with Gasteiger partial charge in [0.15, 0.2) is 0 Å². The number of carboxylic acid groups (broad SMARTS) is 1. The quantitative estimate of drug-likeness (QED) is 0.725. The van der Waals surface area contributed by atoms with Crippen LogP contribution in [0.2, 0.25) is 0 Å². The van der Waals surface area contributed by atoms with Gasteiger partial charge in [0.05, 0.1) is 24.0 Å². The Labute approximate surface area is 145 Å². The first-order valence-electron chi connectivity index (χ1n) is 6.92. The van der Waals surface area contributed by atoms with E-state index < -0.39 is 5.97 Å². The predicted octanol–water partition coefficient (Wildman–Crippen LogP) is 4.13. The second-order valence-corrected chi connectivity index (χ2v) is 7.39. The minimum Gasteiger partial charge on any atom is -0.478 e. The van der Waals surface area contributed by atoms with Gasteiger partial charge >= 0.3 is 5.97 Å². The lowest BCUT2D eigenvalue weighted by Gasteiger charge is -2.01. The van der Waals surface area contributed by atoms with E-state index in [2.05, 4.69) is 33.2 Å². The van der Waals surface area contributed by atoms with Crippen molar-refractivity contribution in [3.05, 3.63) is 56.8 Å². The molecule has 118 valence electrons. The second kappa shape index (κ2) is 6.25. The summed E-state index contributed by atoms with van der Waals surface area (Å²) in [5, 5.41) is 14.0. The number of nitrogens with zero attached hydrogens (tertiary/aromatic N) is 3.